The maximum absolute atomic E-state index is 12.3. The van der Waals surface area contributed by atoms with Crippen LogP contribution in [0.25, 0.3) is 0 Å². The summed E-state index contributed by atoms with van der Waals surface area (Å²) in [5.74, 6) is 0.762. The SMILES string of the molecule is CCCCN(C)C(=NCCS(=O)(=O)c1ccc(Br)cc1)NCC.I. The van der Waals surface area contributed by atoms with Gasteiger partial charge in [0.15, 0.2) is 15.8 Å². The second-order valence-corrected chi connectivity index (χ2v) is 8.31. The van der Waals surface area contributed by atoms with Crippen molar-refractivity contribution in [2.75, 3.05) is 32.4 Å². The first-order valence-corrected chi connectivity index (χ1v) is 10.3. The third-order valence-corrected chi connectivity index (χ3v) is 5.58. The van der Waals surface area contributed by atoms with Crippen molar-refractivity contribution in [1.82, 2.24) is 10.2 Å². The van der Waals surface area contributed by atoms with Gasteiger partial charge in [-0.1, -0.05) is 29.3 Å². The van der Waals surface area contributed by atoms with E-state index in [1.165, 1.54) is 0 Å². The zero-order valence-electron chi connectivity index (χ0n) is 14.5. The molecule has 0 aliphatic carbocycles. The number of unbranched alkanes of at least 4 members (excludes halogenated alkanes) is 1. The average Bonchev–Trinajstić information content (AvgIpc) is 2.52. The van der Waals surface area contributed by atoms with E-state index in [1.807, 2.05) is 18.9 Å². The summed E-state index contributed by atoms with van der Waals surface area (Å²) in [6.45, 7) is 6.05. The second kappa shape index (κ2) is 12.1. The molecular weight excluding hydrogens is 505 g/mol. The maximum atomic E-state index is 12.3. The molecule has 1 rings (SSSR count). The first-order chi connectivity index (χ1) is 10.9. The van der Waals surface area contributed by atoms with Gasteiger partial charge in [0.05, 0.1) is 17.2 Å². The minimum Gasteiger partial charge on any atom is -0.357 e. The molecule has 24 heavy (non-hydrogen) atoms. The second-order valence-electron chi connectivity index (χ2n) is 5.28. The van der Waals surface area contributed by atoms with Crippen LogP contribution in [0.4, 0.5) is 0 Å². The molecule has 0 aliphatic heterocycles. The topological polar surface area (TPSA) is 61.8 Å². The van der Waals surface area contributed by atoms with Gasteiger partial charge in [0.1, 0.15) is 0 Å². The number of hydrogen-bond donors (Lipinski definition) is 1. The molecule has 5 nitrogen and oxygen atoms in total. The average molecular weight is 532 g/mol. The van der Waals surface area contributed by atoms with Gasteiger partial charge in [0.2, 0.25) is 0 Å². The number of nitrogens with zero attached hydrogens (tertiary/aromatic N) is 2. The standard InChI is InChI=1S/C16H26BrN3O2S.HI/c1-4-6-12-20(3)16(18-5-2)19-11-13-23(21,22)15-9-7-14(17)8-10-15;/h7-10H,4-6,11-13H2,1-3H3,(H,18,19);1H. The van der Waals surface area contributed by atoms with Gasteiger partial charge in [0, 0.05) is 24.6 Å². The molecule has 0 spiro atoms. The third kappa shape index (κ3) is 8.15. The van der Waals surface area contributed by atoms with Crippen LogP contribution >= 0.6 is 39.9 Å². The van der Waals surface area contributed by atoms with Crippen molar-refractivity contribution in [1.29, 1.82) is 0 Å². The van der Waals surface area contributed by atoms with Crippen molar-refractivity contribution < 1.29 is 8.42 Å². The van der Waals surface area contributed by atoms with Gasteiger partial charge in [-0.25, -0.2) is 8.42 Å². The van der Waals surface area contributed by atoms with E-state index in [1.54, 1.807) is 24.3 Å². The highest BCUT2D eigenvalue weighted by atomic mass is 127. The van der Waals surface area contributed by atoms with E-state index in [0.29, 0.717) is 4.90 Å². The van der Waals surface area contributed by atoms with Crippen LogP contribution in [0.1, 0.15) is 26.7 Å². The molecule has 0 saturated heterocycles. The largest absolute Gasteiger partial charge is 0.357 e. The van der Waals surface area contributed by atoms with E-state index in [-0.39, 0.29) is 36.3 Å². The quantitative estimate of drug-likeness (QED) is 0.316. The fourth-order valence-electron chi connectivity index (χ4n) is 2.00. The van der Waals surface area contributed by atoms with Crippen LogP contribution < -0.4 is 5.32 Å². The summed E-state index contributed by atoms with van der Waals surface area (Å²) >= 11 is 3.31. The molecule has 0 saturated carbocycles. The molecule has 1 N–H and O–H groups in total. The lowest BCUT2D eigenvalue weighted by Crippen LogP contribution is -2.39. The molecule has 0 amide bonds. The zero-order chi connectivity index (χ0) is 17.3. The molecule has 1 aromatic carbocycles. The van der Waals surface area contributed by atoms with Crippen LogP contribution in [0.2, 0.25) is 0 Å². The van der Waals surface area contributed by atoms with Crippen molar-refractivity contribution in [3.63, 3.8) is 0 Å². The number of nitrogens with one attached hydrogen (secondary N) is 1. The molecule has 0 atom stereocenters. The Morgan fingerprint density at radius 1 is 1.25 bits per heavy atom. The van der Waals surface area contributed by atoms with Gasteiger partial charge in [-0.05, 0) is 37.6 Å². The van der Waals surface area contributed by atoms with E-state index in [4.69, 9.17) is 0 Å². The Morgan fingerprint density at radius 3 is 2.42 bits per heavy atom. The number of aliphatic imine (C=N–C) groups is 1. The van der Waals surface area contributed by atoms with Gasteiger partial charge in [-0.3, -0.25) is 4.99 Å². The summed E-state index contributed by atoms with van der Waals surface area (Å²) in [6.07, 6.45) is 2.19. The van der Waals surface area contributed by atoms with Gasteiger partial charge in [-0.2, -0.15) is 0 Å². The summed E-state index contributed by atoms with van der Waals surface area (Å²) in [5, 5.41) is 3.20. The van der Waals surface area contributed by atoms with Crippen molar-refractivity contribution in [3.8, 4) is 0 Å². The highest BCUT2D eigenvalue weighted by molar-refractivity contribution is 14.0. The summed E-state index contributed by atoms with van der Waals surface area (Å²) in [7, 11) is -1.33. The summed E-state index contributed by atoms with van der Waals surface area (Å²) in [6, 6.07) is 6.70. The van der Waals surface area contributed by atoms with E-state index >= 15 is 0 Å². The fourth-order valence-corrected chi connectivity index (χ4v) is 3.38. The highest BCUT2D eigenvalue weighted by Crippen LogP contribution is 2.15. The van der Waals surface area contributed by atoms with Crippen LogP contribution in [0, 0.1) is 0 Å². The van der Waals surface area contributed by atoms with Gasteiger partial charge >= 0.3 is 0 Å². The molecule has 138 valence electrons. The molecule has 8 heteroatoms. The third-order valence-electron chi connectivity index (χ3n) is 3.34. The maximum Gasteiger partial charge on any atom is 0.193 e. The number of benzene rings is 1. The van der Waals surface area contributed by atoms with E-state index in [2.05, 4.69) is 33.2 Å². The Bertz CT molecular complexity index is 606. The van der Waals surface area contributed by atoms with Crippen LogP contribution in [0.15, 0.2) is 38.6 Å². The Balaban J connectivity index is 0.00000529. The lowest BCUT2D eigenvalue weighted by molar-refractivity contribution is 0.465. The molecule has 0 bridgehead atoms. The minimum atomic E-state index is -3.30. The monoisotopic (exact) mass is 531 g/mol. The predicted octanol–water partition coefficient (Wildman–Crippen LogP) is 3.54. The van der Waals surface area contributed by atoms with Crippen molar-refractivity contribution in [2.24, 2.45) is 4.99 Å². The number of halogens is 2. The molecule has 0 aromatic heterocycles. The molecule has 1 aromatic rings. The minimum absolute atomic E-state index is 0. The Morgan fingerprint density at radius 2 is 1.88 bits per heavy atom. The van der Waals surface area contributed by atoms with E-state index in [0.717, 1.165) is 36.4 Å². The summed E-state index contributed by atoms with van der Waals surface area (Å²) < 4.78 is 25.5. The smallest absolute Gasteiger partial charge is 0.193 e. The predicted molar refractivity (Wildman–Crippen MR) is 115 cm³/mol. The number of guanidine groups is 1. The molecular formula is C16H27BrIN3O2S. The van der Waals surface area contributed by atoms with E-state index in [9.17, 15) is 8.42 Å². The molecule has 0 heterocycles. The van der Waals surface area contributed by atoms with Crippen molar-refractivity contribution in [3.05, 3.63) is 28.7 Å². The first kappa shape index (κ1) is 23.6. The lowest BCUT2D eigenvalue weighted by atomic mass is 10.3. The number of rotatable bonds is 8. The highest BCUT2D eigenvalue weighted by Gasteiger charge is 2.14. The summed E-state index contributed by atoms with van der Waals surface area (Å²) in [5.41, 5.74) is 0. The van der Waals surface area contributed by atoms with Crippen molar-refractivity contribution in [2.45, 2.75) is 31.6 Å². The molecule has 0 fully saturated rings. The molecule has 0 radical (unpaired) electrons. The molecule has 0 aliphatic rings. The van der Waals surface area contributed by atoms with Crippen LogP contribution in [-0.4, -0.2) is 51.7 Å². The zero-order valence-corrected chi connectivity index (χ0v) is 19.2. The number of hydrogen-bond acceptors (Lipinski definition) is 3. The van der Waals surface area contributed by atoms with Gasteiger partial charge in [-0.15, -0.1) is 24.0 Å². The fraction of sp³-hybridized carbons (Fsp3) is 0.562. The van der Waals surface area contributed by atoms with Crippen molar-refractivity contribution >= 4 is 55.7 Å². The van der Waals surface area contributed by atoms with Crippen LogP contribution in [0.3, 0.4) is 0 Å². The normalized spacial score (nSPS) is 11.8. The van der Waals surface area contributed by atoms with Crippen LogP contribution in [-0.2, 0) is 9.84 Å². The summed E-state index contributed by atoms with van der Waals surface area (Å²) in [4.78, 5) is 6.81. The molecule has 0 unspecified atom stereocenters. The Labute approximate surface area is 171 Å². The Hall–Kier alpha value is -0.350. The lowest BCUT2D eigenvalue weighted by Gasteiger charge is -2.21. The van der Waals surface area contributed by atoms with Gasteiger partial charge < -0.3 is 10.2 Å². The first-order valence-electron chi connectivity index (χ1n) is 7.88. The van der Waals surface area contributed by atoms with E-state index < -0.39 is 9.84 Å². The number of sulfone groups is 1. The van der Waals surface area contributed by atoms with Crippen LogP contribution in [0.5, 0.6) is 0 Å². The Kier molecular flexibility index (Phi) is 11.9. The van der Waals surface area contributed by atoms with Gasteiger partial charge in [0.25, 0.3) is 0 Å².